The number of nitrogens with one attached hydrogen (secondary N) is 1. The Kier molecular flexibility index (Phi) is 5.57. The van der Waals surface area contributed by atoms with E-state index < -0.39 is 5.41 Å². The zero-order valence-electron chi connectivity index (χ0n) is 12.6. The van der Waals surface area contributed by atoms with Gasteiger partial charge in [-0.15, -0.1) is 0 Å². The number of rotatable bonds is 6. The first kappa shape index (κ1) is 16.0. The molecule has 4 nitrogen and oxygen atoms in total. The molecule has 0 saturated heterocycles. The molecule has 2 atom stereocenters. The van der Waals surface area contributed by atoms with Crippen molar-refractivity contribution in [1.29, 1.82) is 5.26 Å². The first-order valence-electron chi connectivity index (χ1n) is 6.94. The van der Waals surface area contributed by atoms with Crippen molar-refractivity contribution in [3.63, 3.8) is 0 Å². The third kappa shape index (κ3) is 3.99. The predicted molar refractivity (Wildman–Crippen MR) is 79.5 cm³/mol. The summed E-state index contributed by atoms with van der Waals surface area (Å²) in [6.07, 6.45) is 1.51. The molecular weight excluding hydrogens is 252 g/mol. The Bertz CT molecular complexity index is 507. The molecule has 1 aromatic carbocycles. The van der Waals surface area contributed by atoms with Gasteiger partial charge in [0.2, 0.25) is 5.91 Å². The van der Waals surface area contributed by atoms with Gasteiger partial charge < -0.3 is 10.1 Å². The Morgan fingerprint density at radius 2 is 2.20 bits per heavy atom. The summed E-state index contributed by atoms with van der Waals surface area (Å²) in [5.74, 6) is 0.426. The summed E-state index contributed by atoms with van der Waals surface area (Å²) in [5, 5.41) is 11.9. The summed E-state index contributed by atoms with van der Waals surface area (Å²) in [7, 11) is 0. The number of carbonyl (C=O) groups is 1. The number of ether oxygens (including phenoxy) is 1. The fourth-order valence-corrected chi connectivity index (χ4v) is 1.52. The van der Waals surface area contributed by atoms with Crippen molar-refractivity contribution in [2.45, 2.75) is 46.6 Å². The maximum atomic E-state index is 12.1. The lowest BCUT2D eigenvalue weighted by Crippen LogP contribution is -2.31. The van der Waals surface area contributed by atoms with Crippen LogP contribution in [0.4, 0.5) is 5.69 Å². The molecule has 1 amide bonds. The van der Waals surface area contributed by atoms with E-state index in [0.717, 1.165) is 6.42 Å². The van der Waals surface area contributed by atoms with Crippen LogP contribution in [0.25, 0.3) is 0 Å². The molecule has 0 aromatic heterocycles. The van der Waals surface area contributed by atoms with E-state index in [1.54, 1.807) is 19.1 Å². The summed E-state index contributed by atoms with van der Waals surface area (Å²) in [5.41, 5.74) is -0.362. The van der Waals surface area contributed by atoms with E-state index in [4.69, 9.17) is 10.00 Å². The number of anilines is 1. The lowest BCUT2D eigenvalue weighted by Gasteiger charge is -2.19. The second-order valence-electron chi connectivity index (χ2n) is 5.12. The summed E-state index contributed by atoms with van der Waals surface area (Å²) in [6.45, 7) is 7.51. The SMILES string of the molecule is CCC(C)Oc1cccc(NC(=O)C(C)(C#N)CC)c1. The zero-order chi connectivity index (χ0) is 15.2. The molecule has 20 heavy (non-hydrogen) atoms. The van der Waals surface area contributed by atoms with Crippen LogP contribution in [-0.2, 0) is 4.79 Å². The van der Waals surface area contributed by atoms with Gasteiger partial charge in [-0.3, -0.25) is 4.79 Å². The maximum Gasteiger partial charge on any atom is 0.244 e. The van der Waals surface area contributed by atoms with E-state index in [0.29, 0.717) is 17.9 Å². The smallest absolute Gasteiger partial charge is 0.244 e. The molecule has 108 valence electrons. The van der Waals surface area contributed by atoms with Crippen LogP contribution in [0, 0.1) is 16.7 Å². The van der Waals surface area contributed by atoms with Crippen molar-refractivity contribution in [1.82, 2.24) is 0 Å². The van der Waals surface area contributed by atoms with E-state index in [-0.39, 0.29) is 12.0 Å². The predicted octanol–water partition coefficient (Wildman–Crippen LogP) is 3.74. The molecule has 0 spiro atoms. The number of hydrogen-bond acceptors (Lipinski definition) is 3. The first-order chi connectivity index (χ1) is 9.45. The van der Waals surface area contributed by atoms with Gasteiger partial charge >= 0.3 is 0 Å². The van der Waals surface area contributed by atoms with E-state index in [9.17, 15) is 4.79 Å². The average molecular weight is 274 g/mol. The van der Waals surface area contributed by atoms with Gasteiger partial charge in [0.1, 0.15) is 11.2 Å². The third-order valence-corrected chi connectivity index (χ3v) is 3.46. The summed E-state index contributed by atoms with van der Waals surface area (Å²) in [6, 6.07) is 9.30. The maximum absolute atomic E-state index is 12.1. The van der Waals surface area contributed by atoms with Crippen LogP contribution < -0.4 is 10.1 Å². The molecule has 2 unspecified atom stereocenters. The zero-order valence-corrected chi connectivity index (χ0v) is 12.6. The largest absolute Gasteiger partial charge is 0.491 e. The highest BCUT2D eigenvalue weighted by Crippen LogP contribution is 2.24. The molecule has 0 saturated carbocycles. The van der Waals surface area contributed by atoms with E-state index >= 15 is 0 Å². The minimum atomic E-state index is -1.01. The number of carbonyl (C=O) groups excluding carboxylic acids is 1. The van der Waals surface area contributed by atoms with Gasteiger partial charge in [-0.2, -0.15) is 5.26 Å². The van der Waals surface area contributed by atoms with Gasteiger partial charge in [0.15, 0.2) is 0 Å². The lowest BCUT2D eigenvalue weighted by molar-refractivity contribution is -0.122. The fraction of sp³-hybridized carbons (Fsp3) is 0.500. The highest BCUT2D eigenvalue weighted by Gasteiger charge is 2.31. The molecule has 0 fully saturated rings. The molecule has 1 aromatic rings. The molecular formula is C16H22N2O2. The first-order valence-corrected chi connectivity index (χ1v) is 6.94. The van der Waals surface area contributed by atoms with Crippen molar-refractivity contribution in [3.05, 3.63) is 24.3 Å². The van der Waals surface area contributed by atoms with Crippen LogP contribution in [0.5, 0.6) is 5.75 Å². The van der Waals surface area contributed by atoms with Gasteiger partial charge in [-0.25, -0.2) is 0 Å². The van der Waals surface area contributed by atoms with Crippen LogP contribution in [0.3, 0.4) is 0 Å². The summed E-state index contributed by atoms with van der Waals surface area (Å²) >= 11 is 0. The fourth-order valence-electron chi connectivity index (χ4n) is 1.52. The lowest BCUT2D eigenvalue weighted by atomic mass is 9.88. The van der Waals surface area contributed by atoms with Gasteiger partial charge in [-0.05, 0) is 38.8 Å². The Hall–Kier alpha value is -2.02. The van der Waals surface area contributed by atoms with E-state index in [1.165, 1.54) is 0 Å². The summed E-state index contributed by atoms with van der Waals surface area (Å²) < 4.78 is 5.71. The number of nitriles is 1. The van der Waals surface area contributed by atoms with Gasteiger partial charge in [0, 0.05) is 11.8 Å². The van der Waals surface area contributed by atoms with Crippen molar-refractivity contribution in [2.75, 3.05) is 5.32 Å². The van der Waals surface area contributed by atoms with Gasteiger partial charge in [0.05, 0.1) is 12.2 Å². The third-order valence-electron chi connectivity index (χ3n) is 3.46. The molecule has 0 aliphatic rings. The Morgan fingerprint density at radius 3 is 2.75 bits per heavy atom. The molecule has 1 N–H and O–H groups in total. The van der Waals surface area contributed by atoms with Gasteiger partial charge in [-0.1, -0.05) is 19.9 Å². The minimum Gasteiger partial charge on any atom is -0.491 e. The molecule has 0 aliphatic carbocycles. The van der Waals surface area contributed by atoms with Crippen LogP contribution >= 0.6 is 0 Å². The molecule has 0 bridgehead atoms. The van der Waals surface area contributed by atoms with Crippen LogP contribution in [0.1, 0.15) is 40.5 Å². The minimum absolute atomic E-state index is 0.126. The standard InChI is InChI=1S/C16H22N2O2/c1-5-12(3)20-14-9-7-8-13(10-14)18-15(19)16(4,6-2)11-17/h7-10,12H,5-6H2,1-4H3,(H,18,19). The average Bonchev–Trinajstić information content (AvgIpc) is 2.46. The van der Waals surface area contributed by atoms with Crippen LogP contribution in [-0.4, -0.2) is 12.0 Å². The topological polar surface area (TPSA) is 62.1 Å². The van der Waals surface area contributed by atoms with E-state index in [2.05, 4.69) is 18.3 Å². The quantitative estimate of drug-likeness (QED) is 0.859. The van der Waals surface area contributed by atoms with Crippen molar-refractivity contribution in [2.24, 2.45) is 5.41 Å². The second-order valence-corrected chi connectivity index (χ2v) is 5.12. The Balaban J connectivity index is 2.81. The number of hydrogen-bond donors (Lipinski definition) is 1. The van der Waals surface area contributed by atoms with Crippen molar-refractivity contribution >= 4 is 11.6 Å². The summed E-state index contributed by atoms with van der Waals surface area (Å²) in [4.78, 5) is 12.1. The van der Waals surface area contributed by atoms with Crippen molar-refractivity contribution < 1.29 is 9.53 Å². The monoisotopic (exact) mass is 274 g/mol. The van der Waals surface area contributed by atoms with Crippen LogP contribution in [0.2, 0.25) is 0 Å². The highest BCUT2D eigenvalue weighted by molar-refractivity contribution is 5.97. The molecule has 0 aliphatic heterocycles. The molecule has 1 rings (SSSR count). The normalized spacial score (nSPS) is 14.8. The number of amides is 1. The number of nitrogens with zero attached hydrogens (tertiary/aromatic N) is 1. The molecule has 0 heterocycles. The van der Waals surface area contributed by atoms with E-state index in [1.807, 2.05) is 26.0 Å². The second kappa shape index (κ2) is 6.95. The molecule has 4 heteroatoms. The Morgan fingerprint density at radius 1 is 1.50 bits per heavy atom. The van der Waals surface area contributed by atoms with Gasteiger partial charge in [0.25, 0.3) is 0 Å². The molecule has 0 radical (unpaired) electrons. The van der Waals surface area contributed by atoms with Crippen LogP contribution in [0.15, 0.2) is 24.3 Å². The highest BCUT2D eigenvalue weighted by atomic mass is 16.5. The van der Waals surface area contributed by atoms with Crippen molar-refractivity contribution in [3.8, 4) is 11.8 Å². The Labute approximate surface area is 120 Å². The number of benzene rings is 1.